The van der Waals surface area contributed by atoms with Crippen molar-refractivity contribution in [2.75, 3.05) is 5.73 Å². The van der Waals surface area contributed by atoms with Crippen LogP contribution in [0.4, 0.5) is 5.88 Å². The van der Waals surface area contributed by atoms with Gasteiger partial charge in [-0.25, -0.2) is 10.0 Å². The third-order valence-corrected chi connectivity index (χ3v) is 1.49. The van der Waals surface area contributed by atoms with E-state index in [9.17, 15) is 10.0 Å². The lowest BCUT2D eigenvalue weighted by Crippen LogP contribution is -3.09. The Morgan fingerprint density at radius 3 is 2.64 bits per heavy atom. The molecule has 1 heterocycles. The minimum absolute atomic E-state index is 0.0315. The normalized spacial score (nSPS) is 13.4. The molecule has 80 valence electrons. The Labute approximate surface area is 79.6 Å². The van der Waals surface area contributed by atoms with E-state index in [0.29, 0.717) is 0 Å². The monoisotopic (exact) mass is 204 g/mol. The maximum atomic E-state index is 11.0. The Kier molecular flexibility index (Phi) is 3.28. The van der Waals surface area contributed by atoms with Crippen molar-refractivity contribution in [1.82, 2.24) is 0 Å². The average Bonchev–Trinajstić information content (AvgIpc) is 2.40. The van der Waals surface area contributed by atoms with Gasteiger partial charge in [-0.2, -0.15) is 4.84 Å². The number of hydrogen-bond acceptors (Lipinski definition) is 6. The largest absolute Gasteiger partial charge is 0.600 e. The van der Waals surface area contributed by atoms with Gasteiger partial charge < -0.3 is 19.8 Å². The summed E-state index contributed by atoms with van der Waals surface area (Å²) in [5.41, 5.74) is 5.25. The minimum Gasteiger partial charge on any atom is -0.600 e. The van der Waals surface area contributed by atoms with E-state index in [-0.39, 0.29) is 24.3 Å². The quantitative estimate of drug-likeness (QED) is 0.611. The lowest BCUT2D eigenvalue weighted by atomic mass is 10.4. The molecule has 0 spiro atoms. The van der Waals surface area contributed by atoms with Crippen molar-refractivity contribution in [3.8, 4) is 0 Å². The van der Waals surface area contributed by atoms with Crippen LogP contribution < -0.4 is 16.8 Å². The summed E-state index contributed by atoms with van der Waals surface area (Å²) in [4.78, 5) is 15.3. The summed E-state index contributed by atoms with van der Waals surface area (Å²) in [6, 6.07) is -0.241. The van der Waals surface area contributed by atoms with Crippen molar-refractivity contribution in [3.63, 3.8) is 0 Å². The van der Waals surface area contributed by atoms with Crippen LogP contribution in [0.5, 0.6) is 0 Å². The fraction of sp³-hybridized carbons (Fsp3) is 0.571. The summed E-state index contributed by atoms with van der Waals surface area (Å²) in [6.07, 6.45) is 0. The van der Waals surface area contributed by atoms with Crippen molar-refractivity contribution in [1.29, 1.82) is 0 Å². The van der Waals surface area contributed by atoms with Gasteiger partial charge in [-0.1, -0.05) is 0 Å². The van der Waals surface area contributed by atoms with Gasteiger partial charge in [-0.15, -0.1) is 0 Å². The smallest absolute Gasteiger partial charge is 0.520 e. The lowest BCUT2D eigenvalue weighted by Gasteiger charge is -2.22. The van der Waals surface area contributed by atoms with Gasteiger partial charge in [0.15, 0.2) is 6.61 Å². The van der Waals surface area contributed by atoms with Gasteiger partial charge in [-0.05, 0) is 13.8 Å². The zero-order chi connectivity index (χ0) is 10.7. The first kappa shape index (κ1) is 10.8. The SMILES string of the molecule is CC(C)[NH+]([O-])OCc1oc(=O)oc1N. The minimum atomic E-state index is -0.905. The summed E-state index contributed by atoms with van der Waals surface area (Å²) in [5, 5.41) is 10.6. The van der Waals surface area contributed by atoms with Gasteiger partial charge in [0.2, 0.25) is 11.6 Å². The van der Waals surface area contributed by atoms with Crippen molar-refractivity contribution < 1.29 is 18.9 Å². The van der Waals surface area contributed by atoms with Crippen LogP contribution in [0.3, 0.4) is 0 Å². The summed E-state index contributed by atoms with van der Waals surface area (Å²) in [7, 11) is 0. The maximum Gasteiger partial charge on any atom is 0.520 e. The zero-order valence-electron chi connectivity index (χ0n) is 7.90. The highest BCUT2D eigenvalue weighted by Gasteiger charge is 2.12. The first-order valence-corrected chi connectivity index (χ1v) is 4.05. The Hall–Kier alpha value is -1.31. The number of rotatable bonds is 4. The van der Waals surface area contributed by atoms with Crippen LogP contribution in [0.15, 0.2) is 13.6 Å². The molecule has 0 bridgehead atoms. The molecular weight excluding hydrogens is 192 g/mol. The molecule has 0 aliphatic rings. The topological polar surface area (TPSA) is 106 Å². The number of hydroxylamine groups is 2. The molecule has 14 heavy (non-hydrogen) atoms. The first-order valence-electron chi connectivity index (χ1n) is 4.05. The Morgan fingerprint density at radius 1 is 1.57 bits per heavy atom. The molecule has 1 aromatic rings. The second kappa shape index (κ2) is 4.27. The van der Waals surface area contributed by atoms with E-state index in [1.807, 2.05) is 0 Å². The standard InChI is InChI=1S/C7H12N2O5/c1-4(2)9(11)12-3-5-6(8)14-7(10)13-5/h4,9H,3,8H2,1-2H3. The molecule has 1 atom stereocenters. The fourth-order valence-corrected chi connectivity index (χ4v) is 0.722. The number of hydrogen-bond donors (Lipinski definition) is 2. The third kappa shape index (κ3) is 2.59. The molecular formula is C7H12N2O5. The van der Waals surface area contributed by atoms with E-state index in [1.54, 1.807) is 13.8 Å². The predicted molar refractivity (Wildman–Crippen MR) is 45.9 cm³/mol. The number of anilines is 1. The number of nitrogens with two attached hydrogens (primary N) is 1. The van der Waals surface area contributed by atoms with Crippen LogP contribution >= 0.6 is 0 Å². The van der Waals surface area contributed by atoms with Gasteiger partial charge in [-0.3, -0.25) is 0 Å². The van der Waals surface area contributed by atoms with E-state index >= 15 is 0 Å². The molecule has 0 radical (unpaired) electrons. The van der Waals surface area contributed by atoms with Gasteiger partial charge in [0.25, 0.3) is 0 Å². The molecule has 1 unspecified atom stereocenters. The van der Waals surface area contributed by atoms with Gasteiger partial charge in [0.1, 0.15) is 6.04 Å². The van der Waals surface area contributed by atoms with E-state index in [1.165, 1.54) is 0 Å². The molecule has 3 N–H and O–H groups in total. The molecule has 0 saturated heterocycles. The summed E-state index contributed by atoms with van der Waals surface area (Å²) < 4.78 is 8.89. The van der Waals surface area contributed by atoms with Gasteiger partial charge in [0.05, 0.1) is 0 Å². The van der Waals surface area contributed by atoms with Crippen molar-refractivity contribution >= 4 is 5.88 Å². The average molecular weight is 204 g/mol. The van der Waals surface area contributed by atoms with Crippen LogP contribution in [-0.4, -0.2) is 6.04 Å². The first-order chi connectivity index (χ1) is 6.50. The molecule has 0 amide bonds. The predicted octanol–water partition coefficient (Wildman–Crippen LogP) is -0.962. The van der Waals surface area contributed by atoms with Crippen LogP contribution in [0.2, 0.25) is 0 Å². The summed E-state index contributed by atoms with van der Waals surface area (Å²) in [5.74, 6) is -1.03. The molecule has 1 rings (SSSR count). The molecule has 0 aromatic carbocycles. The summed E-state index contributed by atoms with van der Waals surface area (Å²) in [6.45, 7) is 3.20. The van der Waals surface area contributed by atoms with E-state index in [0.717, 1.165) is 0 Å². The third-order valence-electron chi connectivity index (χ3n) is 1.49. The molecule has 0 aliphatic heterocycles. The molecule has 7 heteroatoms. The molecule has 0 saturated carbocycles. The van der Waals surface area contributed by atoms with Gasteiger partial charge >= 0.3 is 5.82 Å². The van der Waals surface area contributed by atoms with Crippen molar-refractivity contribution in [3.05, 3.63) is 21.6 Å². The van der Waals surface area contributed by atoms with Crippen LogP contribution in [0, 0.1) is 5.21 Å². The number of nitrogen functional groups attached to an aromatic ring is 1. The number of quaternary nitrogens is 1. The highest BCUT2D eigenvalue weighted by Crippen LogP contribution is 2.08. The second-order valence-electron chi connectivity index (χ2n) is 3.00. The van der Waals surface area contributed by atoms with Crippen LogP contribution in [0.1, 0.15) is 19.6 Å². The highest BCUT2D eigenvalue weighted by atomic mass is 16.9. The Balaban J connectivity index is 2.53. The highest BCUT2D eigenvalue weighted by molar-refractivity contribution is 5.25. The number of nitrogens with one attached hydrogen (secondary N) is 1. The molecule has 0 fully saturated rings. The second-order valence-corrected chi connectivity index (χ2v) is 3.00. The van der Waals surface area contributed by atoms with Crippen LogP contribution in [0.25, 0.3) is 0 Å². The van der Waals surface area contributed by atoms with Crippen molar-refractivity contribution in [2.45, 2.75) is 26.5 Å². The zero-order valence-corrected chi connectivity index (χ0v) is 7.90. The lowest BCUT2D eigenvalue weighted by molar-refractivity contribution is -1.07. The van der Waals surface area contributed by atoms with E-state index in [4.69, 9.17) is 10.6 Å². The Morgan fingerprint density at radius 2 is 2.21 bits per heavy atom. The molecule has 0 aliphatic carbocycles. The molecule has 1 aromatic heterocycles. The maximum absolute atomic E-state index is 11.0. The molecule has 7 nitrogen and oxygen atoms in total. The Bertz CT molecular complexity index is 342. The van der Waals surface area contributed by atoms with Crippen molar-refractivity contribution in [2.24, 2.45) is 0 Å². The van der Waals surface area contributed by atoms with E-state index < -0.39 is 11.0 Å². The van der Waals surface area contributed by atoms with Crippen LogP contribution in [-0.2, 0) is 11.4 Å². The fourth-order valence-electron chi connectivity index (χ4n) is 0.722. The van der Waals surface area contributed by atoms with E-state index in [2.05, 4.69) is 8.83 Å². The van der Waals surface area contributed by atoms with Gasteiger partial charge in [0, 0.05) is 0 Å². The summed E-state index contributed by atoms with van der Waals surface area (Å²) >= 11 is 0.